The van der Waals surface area contributed by atoms with Crippen molar-refractivity contribution in [2.75, 3.05) is 4.90 Å². The van der Waals surface area contributed by atoms with Crippen molar-refractivity contribution in [2.24, 2.45) is 0 Å². The van der Waals surface area contributed by atoms with Crippen LogP contribution in [0.5, 0.6) is 0 Å². The maximum Gasteiger partial charge on any atom is 0.137 e. The fourth-order valence-corrected chi connectivity index (χ4v) is 8.62. The predicted molar refractivity (Wildman–Crippen MR) is 245 cm³/mol. The number of furan rings is 1. The van der Waals surface area contributed by atoms with E-state index in [1.165, 1.54) is 66.1 Å². The summed E-state index contributed by atoms with van der Waals surface area (Å²) < 4.78 is 6.40. The molecule has 0 amide bonds. The molecule has 0 aliphatic heterocycles. The summed E-state index contributed by atoms with van der Waals surface area (Å²) in [6.07, 6.45) is 0. The zero-order valence-electron chi connectivity index (χ0n) is 31.7. The van der Waals surface area contributed by atoms with Crippen molar-refractivity contribution in [2.45, 2.75) is 0 Å². The molecule has 0 aliphatic rings. The van der Waals surface area contributed by atoms with E-state index in [2.05, 4.69) is 217 Å². The molecule has 0 N–H and O–H groups in total. The van der Waals surface area contributed by atoms with Crippen LogP contribution in [0.4, 0.5) is 17.1 Å². The van der Waals surface area contributed by atoms with Crippen LogP contribution in [0.25, 0.3) is 88.0 Å². The molecule has 0 saturated carbocycles. The lowest BCUT2D eigenvalue weighted by atomic mass is 9.94. The highest BCUT2D eigenvalue weighted by atomic mass is 16.3. The number of benzene rings is 10. The number of hydrogen-bond acceptors (Lipinski definition) is 2. The van der Waals surface area contributed by atoms with Crippen LogP contribution in [0, 0.1) is 0 Å². The summed E-state index contributed by atoms with van der Waals surface area (Å²) in [6.45, 7) is 0. The van der Waals surface area contributed by atoms with Gasteiger partial charge in [0.05, 0.1) is 11.1 Å². The summed E-state index contributed by atoms with van der Waals surface area (Å²) in [4.78, 5) is 2.36. The fraction of sp³-hybridized carbons (Fsp3) is 0. The quantitative estimate of drug-likeness (QED) is 0.162. The van der Waals surface area contributed by atoms with Crippen molar-refractivity contribution < 1.29 is 4.42 Å². The van der Waals surface area contributed by atoms with Crippen molar-refractivity contribution >= 4 is 60.5 Å². The van der Waals surface area contributed by atoms with Crippen LogP contribution in [0.3, 0.4) is 0 Å². The number of anilines is 3. The first-order valence-corrected chi connectivity index (χ1v) is 19.8. The van der Waals surface area contributed by atoms with Crippen LogP contribution >= 0.6 is 0 Å². The summed E-state index contributed by atoms with van der Waals surface area (Å²) >= 11 is 0. The van der Waals surface area contributed by atoms with E-state index >= 15 is 0 Å². The highest BCUT2D eigenvalue weighted by molar-refractivity contribution is 6.13. The van der Waals surface area contributed by atoms with E-state index < -0.39 is 0 Å². The van der Waals surface area contributed by atoms with Gasteiger partial charge in [-0.2, -0.15) is 0 Å². The molecule has 0 atom stereocenters. The van der Waals surface area contributed by atoms with Gasteiger partial charge < -0.3 is 9.32 Å². The second-order valence-corrected chi connectivity index (χ2v) is 14.9. The Morgan fingerprint density at radius 1 is 0.293 bits per heavy atom. The van der Waals surface area contributed by atoms with Crippen LogP contribution in [0.15, 0.2) is 229 Å². The zero-order valence-corrected chi connectivity index (χ0v) is 31.7. The molecule has 0 saturated heterocycles. The number of nitrogens with zero attached hydrogens (tertiary/aromatic N) is 1. The topological polar surface area (TPSA) is 16.4 Å². The molecule has 58 heavy (non-hydrogen) atoms. The van der Waals surface area contributed by atoms with Gasteiger partial charge in [0.1, 0.15) is 11.2 Å². The first-order chi connectivity index (χ1) is 28.7. The largest absolute Gasteiger partial charge is 0.456 e. The third kappa shape index (κ3) is 5.91. The van der Waals surface area contributed by atoms with Crippen LogP contribution < -0.4 is 4.90 Å². The summed E-state index contributed by atoms with van der Waals surface area (Å²) in [5.74, 6) is 0. The third-order valence-electron chi connectivity index (χ3n) is 11.5. The van der Waals surface area contributed by atoms with Gasteiger partial charge in [-0.3, -0.25) is 0 Å². The molecule has 0 aliphatic carbocycles. The molecule has 11 aromatic rings. The average molecular weight is 740 g/mol. The van der Waals surface area contributed by atoms with Crippen molar-refractivity contribution in [1.29, 1.82) is 0 Å². The molecular formula is C56H37NO. The molecule has 0 spiro atoms. The van der Waals surface area contributed by atoms with E-state index in [-0.39, 0.29) is 0 Å². The Morgan fingerprint density at radius 2 is 0.759 bits per heavy atom. The highest BCUT2D eigenvalue weighted by Crippen LogP contribution is 2.44. The molecule has 11 rings (SSSR count). The smallest absolute Gasteiger partial charge is 0.137 e. The Hall–Kier alpha value is -7.68. The summed E-state index contributed by atoms with van der Waals surface area (Å²) in [6, 6.07) is 80.7. The Balaban J connectivity index is 1.01. The Morgan fingerprint density at radius 3 is 1.31 bits per heavy atom. The molecule has 1 heterocycles. The van der Waals surface area contributed by atoms with Crippen LogP contribution in [-0.4, -0.2) is 0 Å². The summed E-state index contributed by atoms with van der Waals surface area (Å²) in [7, 11) is 0. The van der Waals surface area contributed by atoms with E-state index in [4.69, 9.17) is 4.42 Å². The Labute approximate surface area is 337 Å². The van der Waals surface area contributed by atoms with Gasteiger partial charge in [-0.25, -0.2) is 0 Å². The van der Waals surface area contributed by atoms with Gasteiger partial charge >= 0.3 is 0 Å². The van der Waals surface area contributed by atoms with Gasteiger partial charge in [0.25, 0.3) is 0 Å². The molecule has 0 radical (unpaired) electrons. The summed E-state index contributed by atoms with van der Waals surface area (Å²) in [5.41, 5.74) is 14.6. The zero-order chi connectivity index (χ0) is 38.4. The standard InChI is InChI=1S/C56H37NO/c1-3-12-40(13-4-1)48-19-9-16-42-24-26-44(36-51(42)48)38-28-32-46(33-29-38)57(53-21-11-23-55-56(53)50-18-7-8-22-54(50)58-55)47-34-30-39(31-35-47)45-27-25-43-17-10-20-49(52(43)37-45)41-14-5-2-6-15-41/h1-37H. The van der Waals surface area contributed by atoms with Gasteiger partial charge in [0.15, 0.2) is 0 Å². The third-order valence-corrected chi connectivity index (χ3v) is 11.5. The Bertz CT molecular complexity index is 3090. The predicted octanol–water partition coefficient (Wildman–Crippen LogP) is 16.0. The molecule has 0 fully saturated rings. The average Bonchev–Trinajstić information content (AvgIpc) is 3.69. The first-order valence-electron chi connectivity index (χ1n) is 19.8. The molecule has 1 aromatic heterocycles. The fourth-order valence-electron chi connectivity index (χ4n) is 8.62. The lowest BCUT2D eigenvalue weighted by Gasteiger charge is -2.26. The van der Waals surface area contributed by atoms with E-state index in [1.807, 2.05) is 12.1 Å². The van der Waals surface area contributed by atoms with Gasteiger partial charge in [-0.15, -0.1) is 0 Å². The second-order valence-electron chi connectivity index (χ2n) is 14.9. The maximum atomic E-state index is 6.40. The number of para-hydroxylation sites is 1. The van der Waals surface area contributed by atoms with Gasteiger partial charge in [-0.05, 0) is 121 Å². The van der Waals surface area contributed by atoms with E-state index in [1.54, 1.807) is 0 Å². The van der Waals surface area contributed by atoms with E-state index in [9.17, 15) is 0 Å². The molecule has 0 bridgehead atoms. The molecule has 2 heteroatoms. The van der Waals surface area contributed by atoms with Gasteiger partial charge in [0.2, 0.25) is 0 Å². The number of fused-ring (bicyclic) bond motifs is 5. The van der Waals surface area contributed by atoms with Crippen LogP contribution in [-0.2, 0) is 0 Å². The van der Waals surface area contributed by atoms with Gasteiger partial charge in [-0.1, -0.05) is 170 Å². The second kappa shape index (κ2) is 14.1. The van der Waals surface area contributed by atoms with Crippen molar-refractivity contribution in [3.8, 4) is 44.5 Å². The van der Waals surface area contributed by atoms with Crippen molar-refractivity contribution in [3.63, 3.8) is 0 Å². The lowest BCUT2D eigenvalue weighted by Crippen LogP contribution is -2.10. The minimum absolute atomic E-state index is 0.868. The first kappa shape index (κ1) is 33.6. The monoisotopic (exact) mass is 739 g/mol. The molecule has 272 valence electrons. The highest BCUT2D eigenvalue weighted by Gasteiger charge is 2.20. The minimum Gasteiger partial charge on any atom is -0.456 e. The SMILES string of the molecule is c1ccc(-c2cccc3ccc(-c4ccc(N(c5ccc(-c6ccc7cccc(-c8ccccc8)c7c6)cc5)c5cccc6oc7ccccc7c56)cc4)cc23)cc1. The molecule has 10 aromatic carbocycles. The van der Waals surface area contributed by atoms with Crippen LogP contribution in [0.2, 0.25) is 0 Å². The van der Waals surface area contributed by atoms with Crippen molar-refractivity contribution in [3.05, 3.63) is 224 Å². The summed E-state index contributed by atoms with van der Waals surface area (Å²) in [5, 5.41) is 7.16. The lowest BCUT2D eigenvalue weighted by molar-refractivity contribution is 0.669. The van der Waals surface area contributed by atoms with Crippen molar-refractivity contribution in [1.82, 2.24) is 0 Å². The van der Waals surface area contributed by atoms with Gasteiger partial charge in [0, 0.05) is 16.8 Å². The number of rotatable bonds is 7. The minimum atomic E-state index is 0.868. The molecule has 2 nitrogen and oxygen atoms in total. The Kier molecular flexibility index (Phi) is 8.19. The molecule has 0 unspecified atom stereocenters. The maximum absolute atomic E-state index is 6.40. The molecular weight excluding hydrogens is 703 g/mol. The normalized spacial score (nSPS) is 11.4. The number of hydrogen-bond donors (Lipinski definition) is 0. The van der Waals surface area contributed by atoms with E-state index in [0.29, 0.717) is 0 Å². The van der Waals surface area contributed by atoms with Crippen LogP contribution in [0.1, 0.15) is 0 Å². The van der Waals surface area contributed by atoms with E-state index in [0.717, 1.165) is 39.0 Å².